The van der Waals surface area contributed by atoms with E-state index < -0.39 is 12.1 Å². The van der Waals surface area contributed by atoms with Gasteiger partial charge in [-0.05, 0) is 10.8 Å². The molecule has 0 aromatic heterocycles. The van der Waals surface area contributed by atoms with E-state index in [-0.39, 0.29) is 22.6 Å². The van der Waals surface area contributed by atoms with E-state index in [9.17, 15) is 9.59 Å². The molecule has 1 rings (SSSR count). The van der Waals surface area contributed by atoms with Crippen molar-refractivity contribution in [2.24, 2.45) is 10.8 Å². The van der Waals surface area contributed by atoms with E-state index in [0.29, 0.717) is 6.54 Å². The van der Waals surface area contributed by atoms with Crippen LogP contribution in [0.3, 0.4) is 0 Å². The molecule has 19 heavy (non-hydrogen) atoms. The van der Waals surface area contributed by atoms with E-state index in [1.165, 1.54) is 0 Å². The van der Waals surface area contributed by atoms with Gasteiger partial charge in [0, 0.05) is 6.54 Å². The monoisotopic (exact) mass is 266 g/mol. The summed E-state index contributed by atoms with van der Waals surface area (Å²) in [6, 6.07) is -0.921. The zero-order valence-electron chi connectivity index (χ0n) is 12.9. The molecule has 0 aromatic rings. The molecule has 1 aliphatic heterocycles. The topological polar surface area (TPSA) is 49.4 Å². The molecule has 4 heteroatoms. The van der Waals surface area contributed by atoms with Gasteiger partial charge in [0.1, 0.15) is 12.1 Å². The van der Waals surface area contributed by atoms with E-state index >= 15 is 0 Å². The first-order chi connectivity index (χ1) is 8.50. The lowest BCUT2D eigenvalue weighted by molar-refractivity contribution is -0.156. The molecule has 4 nitrogen and oxygen atoms in total. The molecule has 0 bridgehead atoms. The van der Waals surface area contributed by atoms with Gasteiger partial charge in [-0.3, -0.25) is 9.59 Å². The van der Waals surface area contributed by atoms with Crippen molar-refractivity contribution in [2.45, 2.75) is 53.6 Å². The van der Waals surface area contributed by atoms with Crippen LogP contribution in [0.25, 0.3) is 0 Å². The molecule has 0 saturated carbocycles. The molecular formula is C15H26N2O2. The molecule has 1 N–H and O–H groups in total. The van der Waals surface area contributed by atoms with Crippen LogP contribution in [0.4, 0.5) is 0 Å². The lowest BCUT2D eigenvalue weighted by atomic mass is 9.79. The predicted octanol–water partition coefficient (Wildman–Crippen LogP) is 1.96. The number of amides is 2. The second kappa shape index (κ2) is 4.99. The van der Waals surface area contributed by atoms with E-state index in [1.54, 1.807) is 11.0 Å². The summed E-state index contributed by atoms with van der Waals surface area (Å²) in [5.74, 6) is -0.0965. The van der Waals surface area contributed by atoms with Crippen LogP contribution in [0, 0.1) is 10.8 Å². The van der Waals surface area contributed by atoms with Crippen molar-refractivity contribution in [3.8, 4) is 0 Å². The highest BCUT2D eigenvalue weighted by atomic mass is 16.2. The SMILES string of the molecule is C=CCN1C(=O)C(C(C)(C)C)NC(=O)C1C(C)(C)C. The Balaban J connectivity index is 3.17. The third-order valence-corrected chi connectivity index (χ3v) is 3.39. The summed E-state index contributed by atoms with van der Waals surface area (Å²) in [5.41, 5.74) is -0.597. The molecule has 2 atom stereocenters. The molecule has 1 heterocycles. The summed E-state index contributed by atoms with van der Waals surface area (Å²) in [4.78, 5) is 26.7. The Morgan fingerprint density at radius 2 is 1.68 bits per heavy atom. The van der Waals surface area contributed by atoms with Gasteiger partial charge < -0.3 is 10.2 Å². The van der Waals surface area contributed by atoms with Gasteiger partial charge in [-0.1, -0.05) is 47.6 Å². The largest absolute Gasteiger partial charge is 0.342 e. The Morgan fingerprint density at radius 1 is 1.16 bits per heavy atom. The normalized spacial score (nSPS) is 25.3. The van der Waals surface area contributed by atoms with Crippen LogP contribution in [-0.2, 0) is 9.59 Å². The fourth-order valence-corrected chi connectivity index (χ4v) is 2.50. The third kappa shape index (κ3) is 3.17. The minimum Gasteiger partial charge on any atom is -0.342 e. The molecular weight excluding hydrogens is 240 g/mol. The van der Waals surface area contributed by atoms with Gasteiger partial charge in [0.15, 0.2) is 0 Å². The van der Waals surface area contributed by atoms with Crippen LogP contribution in [-0.4, -0.2) is 35.3 Å². The van der Waals surface area contributed by atoms with Crippen molar-refractivity contribution in [1.29, 1.82) is 0 Å². The number of carbonyl (C=O) groups is 2. The van der Waals surface area contributed by atoms with Gasteiger partial charge >= 0.3 is 0 Å². The summed E-state index contributed by atoms with van der Waals surface area (Å²) in [6.45, 7) is 15.9. The lowest BCUT2D eigenvalue weighted by Gasteiger charge is -2.47. The number of piperazine rings is 1. The quantitative estimate of drug-likeness (QED) is 0.777. The number of nitrogens with zero attached hydrogens (tertiary/aromatic N) is 1. The van der Waals surface area contributed by atoms with Gasteiger partial charge in [-0.2, -0.15) is 0 Å². The average Bonchev–Trinajstić information content (AvgIpc) is 2.19. The third-order valence-electron chi connectivity index (χ3n) is 3.39. The van der Waals surface area contributed by atoms with Gasteiger partial charge in [-0.15, -0.1) is 6.58 Å². The number of nitrogens with one attached hydrogen (secondary N) is 1. The number of carbonyl (C=O) groups excluding carboxylic acids is 2. The van der Waals surface area contributed by atoms with Gasteiger partial charge in [-0.25, -0.2) is 0 Å². The van der Waals surface area contributed by atoms with Crippen molar-refractivity contribution < 1.29 is 9.59 Å². The van der Waals surface area contributed by atoms with Gasteiger partial charge in [0.2, 0.25) is 11.8 Å². The fraction of sp³-hybridized carbons (Fsp3) is 0.733. The second-order valence-corrected chi connectivity index (χ2v) is 7.36. The molecule has 1 fully saturated rings. The lowest BCUT2D eigenvalue weighted by Crippen LogP contribution is -2.69. The number of hydrogen-bond acceptors (Lipinski definition) is 2. The van der Waals surface area contributed by atoms with Crippen LogP contribution in [0.2, 0.25) is 0 Å². The van der Waals surface area contributed by atoms with Crippen molar-refractivity contribution in [1.82, 2.24) is 10.2 Å². The predicted molar refractivity (Wildman–Crippen MR) is 76.5 cm³/mol. The van der Waals surface area contributed by atoms with Crippen LogP contribution in [0.5, 0.6) is 0 Å². The van der Waals surface area contributed by atoms with Crippen molar-refractivity contribution in [3.05, 3.63) is 12.7 Å². The fourth-order valence-electron chi connectivity index (χ4n) is 2.50. The smallest absolute Gasteiger partial charge is 0.246 e. The maximum atomic E-state index is 12.6. The summed E-state index contributed by atoms with van der Waals surface area (Å²) in [5, 5.41) is 2.89. The van der Waals surface area contributed by atoms with Gasteiger partial charge in [0.25, 0.3) is 0 Å². The second-order valence-electron chi connectivity index (χ2n) is 7.36. The first-order valence-electron chi connectivity index (χ1n) is 6.72. The molecule has 108 valence electrons. The summed E-state index contributed by atoms with van der Waals surface area (Å²) < 4.78 is 0. The Morgan fingerprint density at radius 3 is 2.05 bits per heavy atom. The molecule has 0 spiro atoms. The van der Waals surface area contributed by atoms with E-state index in [2.05, 4.69) is 11.9 Å². The molecule has 0 aromatic carbocycles. The van der Waals surface area contributed by atoms with E-state index in [0.717, 1.165) is 0 Å². The molecule has 1 saturated heterocycles. The highest BCUT2D eigenvalue weighted by molar-refractivity contribution is 5.98. The highest BCUT2D eigenvalue weighted by Crippen LogP contribution is 2.31. The molecule has 2 amide bonds. The first kappa shape index (κ1) is 15.7. The van der Waals surface area contributed by atoms with Crippen LogP contribution in [0.15, 0.2) is 12.7 Å². The van der Waals surface area contributed by atoms with Gasteiger partial charge in [0.05, 0.1) is 0 Å². The van der Waals surface area contributed by atoms with Crippen molar-refractivity contribution >= 4 is 11.8 Å². The Kier molecular flexibility index (Phi) is 4.13. The minimum absolute atomic E-state index is 0.0214. The van der Waals surface area contributed by atoms with Crippen molar-refractivity contribution in [2.75, 3.05) is 6.54 Å². The summed E-state index contributed by atoms with van der Waals surface area (Å²) in [6.07, 6.45) is 1.68. The summed E-state index contributed by atoms with van der Waals surface area (Å²) >= 11 is 0. The molecule has 0 radical (unpaired) electrons. The zero-order valence-corrected chi connectivity index (χ0v) is 12.9. The number of rotatable bonds is 2. The van der Waals surface area contributed by atoms with Crippen LogP contribution in [0.1, 0.15) is 41.5 Å². The first-order valence-corrected chi connectivity index (χ1v) is 6.72. The van der Waals surface area contributed by atoms with E-state index in [4.69, 9.17) is 0 Å². The van der Waals surface area contributed by atoms with Crippen LogP contribution < -0.4 is 5.32 Å². The minimum atomic E-state index is -0.474. The number of hydrogen-bond donors (Lipinski definition) is 1. The Hall–Kier alpha value is -1.32. The van der Waals surface area contributed by atoms with Crippen LogP contribution >= 0.6 is 0 Å². The molecule has 2 unspecified atom stereocenters. The standard InChI is InChI=1S/C15H26N2O2/c1-8-9-17-11(15(5,6)7)12(18)16-10(13(17)19)14(2,3)4/h8,10-11H,1,9H2,2-7H3,(H,16,18). The Labute approximate surface area is 116 Å². The highest BCUT2D eigenvalue weighted by Gasteiger charge is 2.48. The molecule has 1 aliphatic rings. The maximum absolute atomic E-state index is 12.6. The zero-order chi connectivity index (χ0) is 15.0. The summed E-state index contributed by atoms with van der Waals surface area (Å²) in [7, 11) is 0. The maximum Gasteiger partial charge on any atom is 0.246 e. The van der Waals surface area contributed by atoms with E-state index in [1.807, 2.05) is 41.5 Å². The Bertz CT molecular complexity index is 388. The average molecular weight is 266 g/mol. The molecule has 0 aliphatic carbocycles. The van der Waals surface area contributed by atoms with Crippen molar-refractivity contribution in [3.63, 3.8) is 0 Å².